The summed E-state index contributed by atoms with van der Waals surface area (Å²) in [7, 11) is 4.98. The molecule has 1 saturated carbocycles. The van der Waals surface area contributed by atoms with Crippen molar-refractivity contribution < 1.29 is 14.3 Å². The van der Waals surface area contributed by atoms with Gasteiger partial charge in [0.2, 0.25) is 5.91 Å². The van der Waals surface area contributed by atoms with Gasteiger partial charge in [-0.25, -0.2) is 0 Å². The number of likely N-dealkylation sites (N-methyl/N-ethyl adjacent to an activating group) is 2. The number of hydrogen-bond donors (Lipinski definition) is 0. The van der Waals surface area contributed by atoms with Crippen LogP contribution in [0.25, 0.3) is 0 Å². The molecule has 0 saturated heterocycles. The van der Waals surface area contributed by atoms with Crippen molar-refractivity contribution in [1.82, 2.24) is 9.80 Å². The van der Waals surface area contributed by atoms with Crippen LogP contribution < -0.4 is 0 Å². The maximum absolute atomic E-state index is 12.1. The number of methoxy groups -OCH3 is 1. The van der Waals surface area contributed by atoms with E-state index in [1.54, 1.807) is 11.9 Å². The van der Waals surface area contributed by atoms with Crippen molar-refractivity contribution in [3.05, 3.63) is 0 Å². The Morgan fingerprint density at radius 3 is 2.21 bits per heavy atom. The van der Waals surface area contributed by atoms with E-state index < -0.39 is 0 Å². The van der Waals surface area contributed by atoms with Gasteiger partial charge in [-0.3, -0.25) is 14.5 Å². The Kier molecular flexibility index (Phi) is 6.28. The van der Waals surface area contributed by atoms with Crippen LogP contribution in [0.5, 0.6) is 0 Å². The minimum atomic E-state index is -0.315. The van der Waals surface area contributed by atoms with Gasteiger partial charge in [0.15, 0.2) is 0 Å². The summed E-state index contributed by atoms with van der Waals surface area (Å²) in [5.74, 6) is 0.539. The first-order valence-electron chi connectivity index (χ1n) is 6.95. The number of rotatable bonds is 5. The Balaban J connectivity index is 2.37. The third kappa shape index (κ3) is 5.19. The molecule has 0 atom stereocenters. The van der Waals surface area contributed by atoms with Crippen molar-refractivity contribution in [3.8, 4) is 0 Å². The molecule has 0 aromatic heterocycles. The fourth-order valence-corrected chi connectivity index (χ4v) is 2.52. The van der Waals surface area contributed by atoms with E-state index in [9.17, 15) is 9.59 Å². The van der Waals surface area contributed by atoms with E-state index >= 15 is 0 Å². The molecule has 0 N–H and O–H groups in total. The largest absolute Gasteiger partial charge is 0.468 e. The van der Waals surface area contributed by atoms with Crippen LogP contribution in [0.15, 0.2) is 0 Å². The topological polar surface area (TPSA) is 49.9 Å². The molecule has 1 fully saturated rings. The highest BCUT2D eigenvalue weighted by Crippen LogP contribution is 2.26. The van der Waals surface area contributed by atoms with E-state index in [0.29, 0.717) is 6.04 Å². The second kappa shape index (κ2) is 7.48. The maximum atomic E-state index is 12.1. The van der Waals surface area contributed by atoms with Gasteiger partial charge in [0, 0.05) is 13.1 Å². The van der Waals surface area contributed by atoms with Crippen molar-refractivity contribution in [1.29, 1.82) is 0 Å². The molecule has 5 heteroatoms. The van der Waals surface area contributed by atoms with Gasteiger partial charge in [-0.1, -0.05) is 6.92 Å². The minimum absolute atomic E-state index is 0.0750. The lowest BCUT2D eigenvalue weighted by molar-refractivity contribution is -0.142. The van der Waals surface area contributed by atoms with E-state index in [4.69, 9.17) is 0 Å². The van der Waals surface area contributed by atoms with Gasteiger partial charge < -0.3 is 9.64 Å². The Hall–Kier alpha value is -1.10. The third-order valence-corrected chi connectivity index (χ3v) is 3.96. The second-order valence-electron chi connectivity index (χ2n) is 5.67. The summed E-state index contributed by atoms with van der Waals surface area (Å²) in [6, 6.07) is 0.357. The lowest BCUT2D eigenvalue weighted by atomic mass is 9.87. The van der Waals surface area contributed by atoms with Crippen LogP contribution in [-0.2, 0) is 14.3 Å². The molecular weight excluding hydrogens is 244 g/mol. The number of esters is 1. The molecule has 1 amide bonds. The molecule has 0 bridgehead atoms. The lowest BCUT2D eigenvalue weighted by Crippen LogP contribution is -2.44. The highest BCUT2D eigenvalue weighted by Gasteiger charge is 2.25. The number of carbonyl (C=O) groups is 2. The van der Waals surface area contributed by atoms with E-state index in [1.165, 1.54) is 20.0 Å². The molecule has 110 valence electrons. The summed E-state index contributed by atoms with van der Waals surface area (Å²) in [6.45, 7) is 2.68. The zero-order chi connectivity index (χ0) is 14.4. The smallest absolute Gasteiger partial charge is 0.319 e. The van der Waals surface area contributed by atoms with Crippen LogP contribution in [0.2, 0.25) is 0 Å². The molecule has 1 aliphatic carbocycles. The summed E-state index contributed by atoms with van der Waals surface area (Å²) < 4.78 is 4.59. The van der Waals surface area contributed by atoms with Crippen LogP contribution >= 0.6 is 0 Å². The second-order valence-corrected chi connectivity index (χ2v) is 5.67. The number of hydrogen-bond acceptors (Lipinski definition) is 4. The van der Waals surface area contributed by atoms with Crippen molar-refractivity contribution in [2.45, 2.75) is 38.6 Å². The summed E-state index contributed by atoms with van der Waals surface area (Å²) >= 11 is 0. The molecule has 0 radical (unpaired) electrons. The molecule has 0 heterocycles. The standard InChI is InChI=1S/C14H26N2O3/c1-11-5-7-12(8-6-11)16(3)13(17)9-15(2)10-14(18)19-4/h11-12H,5-10H2,1-4H3. The van der Waals surface area contributed by atoms with Gasteiger partial charge in [-0.2, -0.15) is 0 Å². The van der Waals surface area contributed by atoms with Crippen LogP contribution in [0.3, 0.4) is 0 Å². The molecule has 0 aliphatic heterocycles. The van der Waals surface area contributed by atoms with Gasteiger partial charge >= 0.3 is 5.97 Å². The molecule has 1 rings (SSSR count). The fourth-order valence-electron chi connectivity index (χ4n) is 2.52. The molecule has 19 heavy (non-hydrogen) atoms. The SMILES string of the molecule is COC(=O)CN(C)CC(=O)N(C)C1CCC(C)CC1. The quantitative estimate of drug-likeness (QED) is 0.703. The number of ether oxygens (including phenoxy) is 1. The predicted molar refractivity (Wildman–Crippen MR) is 73.7 cm³/mol. The average Bonchev–Trinajstić information content (AvgIpc) is 2.38. The van der Waals surface area contributed by atoms with Crippen LogP contribution in [0, 0.1) is 5.92 Å². The lowest BCUT2D eigenvalue weighted by Gasteiger charge is -2.34. The van der Waals surface area contributed by atoms with E-state index in [0.717, 1.165) is 18.8 Å². The molecule has 0 aromatic rings. The van der Waals surface area contributed by atoms with E-state index in [-0.39, 0.29) is 25.0 Å². The van der Waals surface area contributed by atoms with Crippen molar-refractivity contribution in [3.63, 3.8) is 0 Å². The Morgan fingerprint density at radius 1 is 1.11 bits per heavy atom. The minimum Gasteiger partial charge on any atom is -0.468 e. The fraction of sp³-hybridized carbons (Fsp3) is 0.857. The normalized spacial score (nSPS) is 23.2. The Bertz CT molecular complexity index is 312. The number of nitrogens with zero attached hydrogens (tertiary/aromatic N) is 2. The first-order valence-corrected chi connectivity index (χ1v) is 6.95. The van der Waals surface area contributed by atoms with E-state index in [1.807, 2.05) is 11.9 Å². The summed E-state index contributed by atoms with van der Waals surface area (Å²) in [4.78, 5) is 26.8. The molecule has 5 nitrogen and oxygen atoms in total. The highest BCUT2D eigenvalue weighted by molar-refractivity contribution is 5.79. The first-order chi connectivity index (χ1) is 8.93. The molecule has 1 aliphatic rings. The first kappa shape index (κ1) is 16.0. The number of amides is 1. The maximum Gasteiger partial charge on any atom is 0.319 e. The van der Waals surface area contributed by atoms with Gasteiger partial charge in [0.1, 0.15) is 0 Å². The zero-order valence-corrected chi connectivity index (χ0v) is 12.5. The van der Waals surface area contributed by atoms with Crippen LogP contribution in [0.4, 0.5) is 0 Å². The zero-order valence-electron chi connectivity index (χ0n) is 12.5. The third-order valence-electron chi connectivity index (χ3n) is 3.96. The Labute approximate surface area is 115 Å². The van der Waals surface area contributed by atoms with E-state index in [2.05, 4.69) is 11.7 Å². The highest BCUT2D eigenvalue weighted by atomic mass is 16.5. The average molecular weight is 270 g/mol. The van der Waals surface area contributed by atoms with Crippen molar-refractivity contribution in [2.24, 2.45) is 5.92 Å². The molecular formula is C14H26N2O3. The number of carbonyl (C=O) groups excluding carboxylic acids is 2. The van der Waals surface area contributed by atoms with Gasteiger partial charge in [0.25, 0.3) is 0 Å². The molecule has 0 spiro atoms. The predicted octanol–water partition coefficient (Wildman–Crippen LogP) is 1.13. The van der Waals surface area contributed by atoms with Gasteiger partial charge in [-0.15, -0.1) is 0 Å². The van der Waals surface area contributed by atoms with Gasteiger partial charge in [0.05, 0.1) is 20.2 Å². The van der Waals surface area contributed by atoms with Crippen LogP contribution in [-0.4, -0.2) is 62.0 Å². The van der Waals surface area contributed by atoms with Gasteiger partial charge in [-0.05, 0) is 38.6 Å². The van der Waals surface area contributed by atoms with Crippen LogP contribution in [0.1, 0.15) is 32.6 Å². The van der Waals surface area contributed by atoms with Crippen molar-refractivity contribution in [2.75, 3.05) is 34.3 Å². The molecule has 0 unspecified atom stereocenters. The van der Waals surface area contributed by atoms with Crippen molar-refractivity contribution >= 4 is 11.9 Å². The summed E-state index contributed by atoms with van der Waals surface area (Å²) in [6.07, 6.45) is 4.56. The molecule has 0 aromatic carbocycles. The summed E-state index contributed by atoms with van der Waals surface area (Å²) in [5.41, 5.74) is 0. The Morgan fingerprint density at radius 2 is 1.68 bits per heavy atom. The summed E-state index contributed by atoms with van der Waals surface area (Å²) in [5, 5.41) is 0. The monoisotopic (exact) mass is 270 g/mol.